The van der Waals surface area contributed by atoms with Crippen LogP contribution in [0.1, 0.15) is 40.3 Å². The topological polar surface area (TPSA) is 107 Å². The van der Waals surface area contributed by atoms with Crippen molar-refractivity contribution >= 4 is 17.7 Å². The number of esters is 1. The van der Waals surface area contributed by atoms with Gasteiger partial charge in [0.15, 0.2) is 23.4 Å². The van der Waals surface area contributed by atoms with Crippen LogP contribution in [0.3, 0.4) is 0 Å². The third kappa shape index (κ3) is 3.85. The fourth-order valence-corrected chi connectivity index (χ4v) is 2.38. The van der Waals surface area contributed by atoms with Gasteiger partial charge in [-0.25, -0.2) is 4.79 Å². The molecule has 0 saturated carbocycles. The number of aromatic nitrogens is 1. The van der Waals surface area contributed by atoms with Crippen molar-refractivity contribution in [1.29, 1.82) is 0 Å². The van der Waals surface area contributed by atoms with E-state index in [0.717, 1.165) is 5.56 Å². The Morgan fingerprint density at radius 3 is 2.73 bits per heavy atom. The first kappa shape index (κ1) is 17.5. The van der Waals surface area contributed by atoms with Gasteiger partial charge in [-0.2, -0.15) is 0 Å². The minimum absolute atomic E-state index is 0.116. The molecule has 1 aromatic heterocycles. The molecular weight excluding hydrogens is 340 g/mol. The number of Topliss-reactive ketones (excluding diaryl/α,β-unsaturated/α-hetero) is 1. The normalized spacial score (nSPS) is 13.2. The summed E-state index contributed by atoms with van der Waals surface area (Å²) in [5.74, 6) is -0.0186. The molecule has 0 fully saturated rings. The Kier molecular flexibility index (Phi) is 4.92. The third-order valence-corrected chi connectivity index (χ3v) is 3.87. The zero-order valence-corrected chi connectivity index (χ0v) is 14.3. The van der Waals surface area contributed by atoms with Gasteiger partial charge in [0.05, 0.1) is 0 Å². The van der Waals surface area contributed by atoms with E-state index in [1.165, 1.54) is 26.1 Å². The van der Waals surface area contributed by atoms with E-state index in [1.807, 2.05) is 6.07 Å². The van der Waals surface area contributed by atoms with Crippen molar-refractivity contribution in [3.63, 3.8) is 0 Å². The second kappa shape index (κ2) is 7.30. The molecule has 8 nitrogen and oxygen atoms in total. The SMILES string of the molecule is CC(=O)c1c[nH]c(C(=O)OC(C)C(=O)NCc2ccc3c(c2)OCO3)c1. The van der Waals surface area contributed by atoms with Crippen LogP contribution < -0.4 is 14.8 Å². The van der Waals surface area contributed by atoms with Crippen LogP contribution in [0.2, 0.25) is 0 Å². The summed E-state index contributed by atoms with van der Waals surface area (Å²) in [5, 5.41) is 2.69. The van der Waals surface area contributed by atoms with E-state index in [0.29, 0.717) is 17.1 Å². The molecule has 2 N–H and O–H groups in total. The minimum Gasteiger partial charge on any atom is -0.454 e. The highest BCUT2D eigenvalue weighted by Gasteiger charge is 2.20. The van der Waals surface area contributed by atoms with Crippen LogP contribution in [0, 0.1) is 0 Å². The second-order valence-electron chi connectivity index (χ2n) is 5.81. The van der Waals surface area contributed by atoms with Crippen molar-refractivity contribution in [3.8, 4) is 11.5 Å². The summed E-state index contributed by atoms with van der Waals surface area (Å²) in [6.45, 7) is 3.31. The zero-order valence-electron chi connectivity index (χ0n) is 14.3. The Hall–Kier alpha value is -3.29. The van der Waals surface area contributed by atoms with Gasteiger partial charge in [0.1, 0.15) is 5.69 Å². The second-order valence-corrected chi connectivity index (χ2v) is 5.81. The Balaban J connectivity index is 1.52. The standard InChI is InChI=1S/C18H18N2O6/c1-10(21)13-6-14(19-8-13)18(23)26-11(2)17(22)20-7-12-3-4-15-16(5-12)25-9-24-15/h3-6,8,11,19H,7,9H2,1-2H3,(H,20,22). The molecule has 1 amide bonds. The molecule has 0 radical (unpaired) electrons. The summed E-state index contributed by atoms with van der Waals surface area (Å²) in [5.41, 5.74) is 1.32. The minimum atomic E-state index is -0.986. The van der Waals surface area contributed by atoms with Crippen molar-refractivity contribution in [1.82, 2.24) is 10.3 Å². The van der Waals surface area contributed by atoms with Crippen LogP contribution in [0.4, 0.5) is 0 Å². The molecule has 1 aromatic carbocycles. The van der Waals surface area contributed by atoms with Crippen molar-refractivity contribution in [2.24, 2.45) is 0 Å². The summed E-state index contributed by atoms with van der Waals surface area (Å²) in [6.07, 6.45) is 0.434. The van der Waals surface area contributed by atoms with E-state index in [9.17, 15) is 14.4 Å². The van der Waals surface area contributed by atoms with Crippen molar-refractivity contribution < 1.29 is 28.6 Å². The number of hydrogen-bond donors (Lipinski definition) is 2. The summed E-state index contributed by atoms with van der Waals surface area (Å²) in [6, 6.07) is 6.75. The fourth-order valence-electron chi connectivity index (χ4n) is 2.38. The smallest absolute Gasteiger partial charge is 0.355 e. The van der Waals surface area contributed by atoms with Crippen molar-refractivity contribution in [2.45, 2.75) is 26.5 Å². The largest absolute Gasteiger partial charge is 0.454 e. The Morgan fingerprint density at radius 1 is 1.23 bits per heavy atom. The zero-order chi connectivity index (χ0) is 18.7. The van der Waals surface area contributed by atoms with E-state index in [4.69, 9.17) is 14.2 Å². The highest BCUT2D eigenvalue weighted by atomic mass is 16.7. The van der Waals surface area contributed by atoms with E-state index in [1.54, 1.807) is 12.1 Å². The average Bonchev–Trinajstić information content (AvgIpc) is 3.28. The van der Waals surface area contributed by atoms with Gasteiger partial charge in [-0.15, -0.1) is 0 Å². The quantitative estimate of drug-likeness (QED) is 0.602. The maximum absolute atomic E-state index is 12.1. The monoisotopic (exact) mass is 358 g/mol. The average molecular weight is 358 g/mol. The lowest BCUT2D eigenvalue weighted by molar-refractivity contribution is -0.129. The molecule has 1 aliphatic rings. The van der Waals surface area contributed by atoms with Gasteiger partial charge in [-0.1, -0.05) is 6.07 Å². The van der Waals surface area contributed by atoms with Crippen LogP contribution >= 0.6 is 0 Å². The predicted molar refractivity (Wildman–Crippen MR) is 90.1 cm³/mol. The summed E-state index contributed by atoms with van der Waals surface area (Å²) in [7, 11) is 0. The Bertz CT molecular complexity index is 857. The lowest BCUT2D eigenvalue weighted by Crippen LogP contribution is -2.35. The first-order valence-corrected chi connectivity index (χ1v) is 8.00. The van der Waals surface area contributed by atoms with Gasteiger partial charge in [0.25, 0.3) is 5.91 Å². The summed E-state index contributed by atoms with van der Waals surface area (Å²) in [4.78, 5) is 38.1. The molecule has 136 valence electrons. The molecule has 2 aromatic rings. The number of ether oxygens (including phenoxy) is 3. The number of benzene rings is 1. The number of ketones is 1. The molecule has 1 atom stereocenters. The number of fused-ring (bicyclic) bond motifs is 1. The molecule has 0 bridgehead atoms. The maximum Gasteiger partial charge on any atom is 0.355 e. The number of hydrogen-bond acceptors (Lipinski definition) is 6. The third-order valence-electron chi connectivity index (χ3n) is 3.87. The van der Waals surface area contributed by atoms with Crippen LogP contribution in [0.25, 0.3) is 0 Å². The molecule has 2 heterocycles. The van der Waals surface area contributed by atoms with Gasteiger partial charge in [0, 0.05) is 18.3 Å². The van der Waals surface area contributed by atoms with Gasteiger partial charge in [-0.3, -0.25) is 9.59 Å². The molecule has 26 heavy (non-hydrogen) atoms. The maximum atomic E-state index is 12.1. The number of carbonyl (C=O) groups excluding carboxylic acids is 3. The fraction of sp³-hybridized carbons (Fsp3) is 0.278. The summed E-state index contributed by atoms with van der Waals surface area (Å²) >= 11 is 0. The van der Waals surface area contributed by atoms with Crippen molar-refractivity contribution in [2.75, 3.05) is 6.79 Å². The lowest BCUT2D eigenvalue weighted by atomic mass is 10.2. The molecule has 0 spiro atoms. The molecule has 8 heteroatoms. The Morgan fingerprint density at radius 2 is 2.00 bits per heavy atom. The number of rotatable bonds is 6. The van der Waals surface area contributed by atoms with Gasteiger partial charge >= 0.3 is 5.97 Å². The van der Waals surface area contributed by atoms with Crippen LogP contribution in [-0.2, 0) is 16.1 Å². The first-order chi connectivity index (χ1) is 12.4. The molecule has 0 aliphatic carbocycles. The number of amides is 1. The van der Waals surface area contributed by atoms with Gasteiger partial charge in [0.2, 0.25) is 6.79 Å². The predicted octanol–water partition coefficient (Wildman–Crippen LogP) is 1.81. The Labute approximate surface area is 149 Å². The van der Waals surface area contributed by atoms with Crippen LogP contribution in [0.5, 0.6) is 11.5 Å². The van der Waals surface area contributed by atoms with Gasteiger partial charge in [-0.05, 0) is 37.6 Å². The van der Waals surface area contributed by atoms with E-state index >= 15 is 0 Å². The van der Waals surface area contributed by atoms with Crippen LogP contribution in [-0.4, -0.2) is 35.5 Å². The van der Waals surface area contributed by atoms with E-state index < -0.39 is 18.0 Å². The van der Waals surface area contributed by atoms with E-state index in [2.05, 4.69) is 10.3 Å². The highest BCUT2D eigenvalue weighted by molar-refractivity contribution is 5.98. The molecule has 1 aliphatic heterocycles. The number of carbonyl (C=O) groups is 3. The molecule has 1 unspecified atom stereocenters. The molecule has 0 saturated heterocycles. The summed E-state index contributed by atoms with van der Waals surface area (Å²) < 4.78 is 15.6. The molecule has 3 rings (SSSR count). The lowest BCUT2D eigenvalue weighted by Gasteiger charge is -2.13. The van der Waals surface area contributed by atoms with E-state index in [-0.39, 0.29) is 24.8 Å². The van der Waals surface area contributed by atoms with Gasteiger partial charge < -0.3 is 24.5 Å². The van der Waals surface area contributed by atoms with Crippen molar-refractivity contribution in [3.05, 3.63) is 47.3 Å². The van der Waals surface area contributed by atoms with Crippen LogP contribution in [0.15, 0.2) is 30.5 Å². The number of H-pyrrole nitrogens is 1. The molecular formula is C18H18N2O6. The number of nitrogens with one attached hydrogen (secondary N) is 2. The first-order valence-electron chi connectivity index (χ1n) is 8.00. The highest BCUT2D eigenvalue weighted by Crippen LogP contribution is 2.32. The number of aromatic amines is 1.